The van der Waals surface area contributed by atoms with Gasteiger partial charge in [0.15, 0.2) is 22.2 Å². The van der Waals surface area contributed by atoms with Gasteiger partial charge in [0.2, 0.25) is 0 Å². The molecule has 190 valence electrons. The first-order chi connectivity index (χ1) is 14.0. The molecular formula is C21H44O8SSi2. The van der Waals surface area contributed by atoms with Crippen LogP contribution in [0.1, 0.15) is 54.4 Å². The van der Waals surface area contributed by atoms with Gasteiger partial charge in [-0.15, -0.1) is 0 Å². The second-order valence-electron chi connectivity index (χ2n) is 12.0. The number of esters is 1. The number of hydrogen-bond acceptors (Lipinski definition) is 8. The Kier molecular flexibility index (Phi) is 8.72. The SMILES string of the molecule is COC(=O)C1(O)C[C@@H](O[Si](C)(C)C(C)(C)C)C(OS(C)(=O)=O)[C@H](O[Si](C)(C)C(C)(C)C)C1. The van der Waals surface area contributed by atoms with Crippen LogP contribution < -0.4 is 0 Å². The smallest absolute Gasteiger partial charge is 0.338 e. The van der Waals surface area contributed by atoms with Crippen LogP contribution in [0.3, 0.4) is 0 Å². The molecule has 1 aliphatic carbocycles. The van der Waals surface area contributed by atoms with E-state index < -0.39 is 56.6 Å². The molecule has 2 atom stereocenters. The van der Waals surface area contributed by atoms with Crippen molar-refractivity contribution in [3.63, 3.8) is 0 Å². The van der Waals surface area contributed by atoms with Crippen molar-refractivity contribution in [2.24, 2.45) is 0 Å². The summed E-state index contributed by atoms with van der Waals surface area (Å²) in [5.41, 5.74) is -1.87. The Morgan fingerprint density at radius 3 is 1.50 bits per heavy atom. The van der Waals surface area contributed by atoms with E-state index in [2.05, 4.69) is 41.5 Å². The average molecular weight is 513 g/mol. The summed E-state index contributed by atoms with van der Waals surface area (Å²) in [4.78, 5) is 12.6. The fourth-order valence-electron chi connectivity index (χ4n) is 3.23. The van der Waals surface area contributed by atoms with E-state index in [0.29, 0.717) is 0 Å². The Balaban J connectivity index is 3.57. The van der Waals surface area contributed by atoms with Crippen LogP contribution >= 0.6 is 0 Å². The largest absolute Gasteiger partial charge is 0.467 e. The van der Waals surface area contributed by atoms with Gasteiger partial charge in [-0.2, -0.15) is 8.42 Å². The van der Waals surface area contributed by atoms with Gasteiger partial charge in [-0.05, 0) is 36.3 Å². The minimum atomic E-state index is -3.86. The van der Waals surface area contributed by atoms with E-state index in [9.17, 15) is 18.3 Å². The third-order valence-corrected chi connectivity index (χ3v) is 16.7. The monoisotopic (exact) mass is 512 g/mol. The van der Waals surface area contributed by atoms with Crippen molar-refractivity contribution in [2.45, 2.75) is 115 Å². The van der Waals surface area contributed by atoms with Gasteiger partial charge in [0.1, 0.15) is 6.10 Å². The molecule has 1 fully saturated rings. The zero-order valence-corrected chi connectivity index (χ0v) is 24.7. The fourth-order valence-corrected chi connectivity index (χ4v) is 6.54. The van der Waals surface area contributed by atoms with Gasteiger partial charge in [0, 0.05) is 12.8 Å². The summed E-state index contributed by atoms with van der Waals surface area (Å²) in [5, 5.41) is 10.9. The number of ether oxygens (including phenoxy) is 1. The molecule has 0 radical (unpaired) electrons. The molecule has 0 aromatic heterocycles. The highest BCUT2D eigenvalue weighted by atomic mass is 32.2. The lowest BCUT2D eigenvalue weighted by Crippen LogP contribution is -2.63. The van der Waals surface area contributed by atoms with Crippen molar-refractivity contribution >= 4 is 32.7 Å². The summed E-state index contributed by atoms with van der Waals surface area (Å²) >= 11 is 0. The Morgan fingerprint density at radius 2 is 1.25 bits per heavy atom. The standard InChI is InChI=1S/C21H44O8SSi2/c1-19(2,3)31(9,10)28-15-13-21(23,18(22)26-7)14-16(17(15)27-30(8,24)25)29-32(11,12)20(4,5)6/h15-17,23H,13-14H2,1-12H3/t15-,16-,17?,21?/m1/s1. The maximum atomic E-state index is 12.6. The Labute approximate surface area is 196 Å². The van der Waals surface area contributed by atoms with Crippen LogP contribution in [-0.2, 0) is 32.7 Å². The van der Waals surface area contributed by atoms with E-state index in [-0.39, 0.29) is 22.9 Å². The number of rotatable bonds is 7. The lowest BCUT2D eigenvalue weighted by molar-refractivity contribution is -0.183. The van der Waals surface area contributed by atoms with Crippen molar-refractivity contribution in [3.8, 4) is 0 Å². The van der Waals surface area contributed by atoms with E-state index in [1.54, 1.807) is 0 Å². The highest BCUT2D eigenvalue weighted by Crippen LogP contribution is 2.45. The lowest BCUT2D eigenvalue weighted by Gasteiger charge is -2.50. The van der Waals surface area contributed by atoms with Crippen LogP contribution in [0.2, 0.25) is 36.3 Å². The van der Waals surface area contributed by atoms with Gasteiger partial charge < -0.3 is 18.7 Å². The van der Waals surface area contributed by atoms with Gasteiger partial charge in [-0.3, -0.25) is 4.18 Å². The van der Waals surface area contributed by atoms with Crippen LogP contribution in [0.4, 0.5) is 0 Å². The maximum Gasteiger partial charge on any atom is 0.338 e. The number of carbonyl (C=O) groups excluding carboxylic acids is 1. The predicted octanol–water partition coefficient (Wildman–Crippen LogP) is 3.81. The number of aliphatic hydroxyl groups is 1. The normalized spacial score (nSPS) is 28.5. The summed E-state index contributed by atoms with van der Waals surface area (Å²) in [6, 6.07) is 0. The molecule has 1 N–H and O–H groups in total. The van der Waals surface area contributed by atoms with Crippen molar-refractivity contribution in [1.29, 1.82) is 0 Å². The molecule has 0 amide bonds. The molecule has 0 aromatic carbocycles. The van der Waals surface area contributed by atoms with E-state index in [1.165, 1.54) is 7.11 Å². The Bertz CT molecular complexity index is 743. The zero-order chi connectivity index (χ0) is 25.6. The molecular weight excluding hydrogens is 468 g/mol. The quantitative estimate of drug-likeness (QED) is 0.312. The number of methoxy groups -OCH3 is 1. The molecule has 1 saturated carbocycles. The molecule has 0 spiro atoms. The minimum absolute atomic E-state index is 0.135. The van der Waals surface area contributed by atoms with Crippen LogP contribution in [-0.4, -0.2) is 73.4 Å². The first-order valence-corrected chi connectivity index (χ1v) is 18.6. The van der Waals surface area contributed by atoms with E-state index in [0.717, 1.165) is 6.26 Å². The highest BCUT2D eigenvalue weighted by Gasteiger charge is 2.56. The summed E-state index contributed by atoms with van der Waals surface area (Å²) in [6.45, 7) is 20.5. The first-order valence-electron chi connectivity index (χ1n) is 11.0. The van der Waals surface area contributed by atoms with Crippen molar-refractivity contribution < 1.29 is 36.1 Å². The summed E-state index contributed by atoms with van der Waals surface area (Å²) < 4.78 is 47.9. The molecule has 32 heavy (non-hydrogen) atoms. The first kappa shape index (κ1) is 29.7. The predicted molar refractivity (Wildman–Crippen MR) is 130 cm³/mol. The molecule has 1 rings (SSSR count). The van der Waals surface area contributed by atoms with Crippen LogP contribution in [0.15, 0.2) is 0 Å². The van der Waals surface area contributed by atoms with Crippen molar-refractivity contribution in [2.75, 3.05) is 13.4 Å². The molecule has 0 unspecified atom stereocenters. The summed E-state index contributed by atoms with van der Waals surface area (Å²) in [5.74, 6) is -0.789. The van der Waals surface area contributed by atoms with E-state index in [4.69, 9.17) is 17.8 Å². The second-order valence-corrected chi connectivity index (χ2v) is 23.1. The van der Waals surface area contributed by atoms with Gasteiger partial charge >= 0.3 is 5.97 Å². The van der Waals surface area contributed by atoms with E-state index >= 15 is 0 Å². The molecule has 0 heterocycles. The van der Waals surface area contributed by atoms with Gasteiger partial charge in [0.25, 0.3) is 10.1 Å². The van der Waals surface area contributed by atoms with Crippen molar-refractivity contribution in [3.05, 3.63) is 0 Å². The molecule has 1 aliphatic rings. The van der Waals surface area contributed by atoms with Gasteiger partial charge in [-0.25, -0.2) is 4.79 Å². The second kappa shape index (κ2) is 9.39. The third kappa shape index (κ3) is 7.10. The topological polar surface area (TPSA) is 108 Å². The maximum absolute atomic E-state index is 12.6. The zero-order valence-electron chi connectivity index (χ0n) is 21.9. The number of hydrogen-bond donors (Lipinski definition) is 1. The molecule has 0 aromatic rings. The fraction of sp³-hybridized carbons (Fsp3) is 0.952. The number of carbonyl (C=O) groups is 1. The van der Waals surface area contributed by atoms with Crippen LogP contribution in [0.5, 0.6) is 0 Å². The highest BCUT2D eigenvalue weighted by molar-refractivity contribution is 7.86. The van der Waals surface area contributed by atoms with Crippen LogP contribution in [0, 0.1) is 0 Å². The average Bonchev–Trinajstić information content (AvgIpc) is 2.53. The minimum Gasteiger partial charge on any atom is -0.467 e. The Morgan fingerprint density at radius 1 is 0.906 bits per heavy atom. The Hall–Kier alpha value is -0.306. The van der Waals surface area contributed by atoms with E-state index in [1.807, 2.05) is 26.2 Å². The molecule has 0 bridgehead atoms. The summed E-state index contributed by atoms with van der Waals surface area (Å²) in [6.07, 6.45) is -2.00. The molecule has 0 saturated heterocycles. The summed E-state index contributed by atoms with van der Waals surface area (Å²) in [7, 11) is -7.49. The van der Waals surface area contributed by atoms with Gasteiger partial charge in [-0.1, -0.05) is 41.5 Å². The lowest BCUT2D eigenvalue weighted by atomic mass is 9.79. The molecule has 8 nitrogen and oxygen atoms in total. The van der Waals surface area contributed by atoms with Crippen LogP contribution in [0.25, 0.3) is 0 Å². The van der Waals surface area contributed by atoms with Gasteiger partial charge in [0.05, 0.1) is 25.6 Å². The molecule has 11 heteroatoms. The van der Waals surface area contributed by atoms with Crippen molar-refractivity contribution in [1.82, 2.24) is 0 Å². The third-order valence-electron chi connectivity index (χ3n) is 7.17. The molecule has 0 aliphatic heterocycles.